The van der Waals surface area contributed by atoms with Crippen molar-refractivity contribution in [2.24, 2.45) is 0 Å². The quantitative estimate of drug-likeness (QED) is 0.234. The Hall–Kier alpha value is -3.80. The highest BCUT2D eigenvalue weighted by molar-refractivity contribution is 6.61. The van der Waals surface area contributed by atoms with Crippen LogP contribution in [0.4, 0.5) is 15.3 Å². The number of nitrogen functional groups attached to an aromatic ring is 1. The van der Waals surface area contributed by atoms with Gasteiger partial charge in [-0.2, -0.15) is 0 Å². The van der Waals surface area contributed by atoms with Crippen molar-refractivity contribution in [2.45, 2.75) is 0 Å². The molecule has 0 saturated heterocycles. The lowest BCUT2D eigenvalue weighted by Crippen LogP contribution is -1.99. The molecule has 0 atom stereocenters. The summed E-state index contributed by atoms with van der Waals surface area (Å²) in [5, 5.41) is 0. The number of benzene rings is 4. The van der Waals surface area contributed by atoms with Gasteiger partial charge in [0.1, 0.15) is 11.5 Å². The fourth-order valence-electron chi connectivity index (χ4n) is 3.70. The van der Waals surface area contributed by atoms with Crippen LogP contribution in [0.5, 0.6) is 11.5 Å². The third-order valence-electron chi connectivity index (χ3n) is 4.96. The van der Waals surface area contributed by atoms with Crippen LogP contribution in [-0.2, 0) is 0 Å². The highest BCUT2D eigenvalue weighted by Crippen LogP contribution is 2.44. The lowest BCUT2D eigenvalue weighted by atomic mass is 9.86. The molecule has 4 aromatic carbocycles. The maximum absolute atomic E-state index is 11.3. The zero-order valence-electron chi connectivity index (χ0n) is 17.1. The largest absolute Gasteiger partial charge is 0.414 e. The van der Waals surface area contributed by atoms with Gasteiger partial charge in [-0.15, -0.1) is 0 Å². The van der Waals surface area contributed by atoms with Gasteiger partial charge in [-0.1, -0.05) is 60.7 Å². The van der Waals surface area contributed by atoms with Crippen LogP contribution >= 0.6 is 23.2 Å². The van der Waals surface area contributed by atoms with Crippen molar-refractivity contribution in [3.63, 3.8) is 0 Å². The summed E-state index contributed by atoms with van der Waals surface area (Å²) >= 11 is 10.8. The molecule has 0 heterocycles. The van der Waals surface area contributed by atoms with Gasteiger partial charge in [-0.05, 0) is 58.1 Å². The number of rotatable bonds is 5. The third-order valence-corrected chi connectivity index (χ3v) is 5.12. The molecule has 164 valence electrons. The first kappa shape index (κ1) is 22.4. The van der Waals surface area contributed by atoms with E-state index in [1.54, 1.807) is 36.4 Å². The van der Waals surface area contributed by atoms with Crippen LogP contribution in [0.1, 0.15) is 0 Å². The summed E-state index contributed by atoms with van der Waals surface area (Å²) in [7, 11) is 0. The molecule has 4 rings (SSSR count). The summed E-state index contributed by atoms with van der Waals surface area (Å²) in [5.74, 6) is 0.581. The minimum Gasteiger partial charge on any atom is -0.414 e. The van der Waals surface area contributed by atoms with E-state index in [4.69, 9.17) is 38.4 Å². The van der Waals surface area contributed by atoms with Crippen molar-refractivity contribution in [3.8, 4) is 44.9 Å². The van der Waals surface area contributed by atoms with Crippen LogP contribution in [0.15, 0.2) is 91.0 Å². The maximum atomic E-state index is 11.3. The zero-order chi connectivity index (χ0) is 23.4. The Kier molecular flexibility index (Phi) is 6.63. The fraction of sp³-hybridized carbons (Fsp3) is 0. The monoisotopic (exact) mass is 477 g/mol. The number of ether oxygens (including phenoxy) is 2. The molecule has 7 heteroatoms. The van der Waals surface area contributed by atoms with Crippen molar-refractivity contribution < 1.29 is 19.1 Å². The molecule has 0 aliphatic carbocycles. The summed E-state index contributed by atoms with van der Waals surface area (Å²) < 4.78 is 10.1. The van der Waals surface area contributed by atoms with E-state index in [2.05, 4.69) is 0 Å². The second-order valence-corrected chi connectivity index (χ2v) is 7.67. The van der Waals surface area contributed by atoms with Crippen LogP contribution in [0.3, 0.4) is 0 Å². The van der Waals surface area contributed by atoms with E-state index in [9.17, 15) is 9.59 Å². The molecule has 0 fully saturated rings. The molecule has 33 heavy (non-hydrogen) atoms. The number of carbonyl (C=O) groups is 2. The Morgan fingerprint density at radius 1 is 0.606 bits per heavy atom. The van der Waals surface area contributed by atoms with Crippen LogP contribution in [-0.4, -0.2) is 10.9 Å². The first-order chi connectivity index (χ1) is 15.9. The molecule has 0 aromatic heterocycles. The number of nitrogens with two attached hydrogens (primary N) is 1. The number of anilines is 1. The predicted octanol–water partition coefficient (Wildman–Crippen LogP) is 7.75. The van der Waals surface area contributed by atoms with E-state index in [0.29, 0.717) is 11.4 Å². The minimum absolute atomic E-state index is 0.285. The van der Waals surface area contributed by atoms with Gasteiger partial charge in [0.2, 0.25) is 0 Å². The molecule has 0 aliphatic rings. The van der Waals surface area contributed by atoms with Gasteiger partial charge < -0.3 is 15.2 Å². The maximum Gasteiger partial charge on any atom is 0.409 e. The second kappa shape index (κ2) is 9.77. The van der Waals surface area contributed by atoms with E-state index in [-0.39, 0.29) is 5.75 Å². The molecular weight excluding hydrogens is 461 g/mol. The van der Waals surface area contributed by atoms with Crippen molar-refractivity contribution in [2.75, 3.05) is 5.73 Å². The number of hydrogen-bond donors (Lipinski definition) is 1. The van der Waals surface area contributed by atoms with Crippen LogP contribution in [0.25, 0.3) is 33.4 Å². The SMILES string of the molecule is Nc1ccc(-c2ccccc2)c(-c2cccc(OC(=O)Cl)c2)c1-c1cccc(OC(=O)Cl)c1. The lowest BCUT2D eigenvalue weighted by molar-refractivity contribution is 0.224. The van der Waals surface area contributed by atoms with Crippen molar-refractivity contribution in [3.05, 3.63) is 91.0 Å². The van der Waals surface area contributed by atoms with Gasteiger partial charge in [-0.3, -0.25) is 0 Å². The van der Waals surface area contributed by atoms with E-state index in [0.717, 1.165) is 33.4 Å². The van der Waals surface area contributed by atoms with Gasteiger partial charge in [0.15, 0.2) is 0 Å². The van der Waals surface area contributed by atoms with Gasteiger partial charge in [0, 0.05) is 34.5 Å². The first-order valence-corrected chi connectivity index (χ1v) is 10.6. The molecule has 0 aliphatic heterocycles. The molecule has 2 N–H and O–H groups in total. The second-order valence-electron chi connectivity index (χ2n) is 7.05. The topological polar surface area (TPSA) is 78.6 Å². The Morgan fingerprint density at radius 2 is 1.12 bits per heavy atom. The first-order valence-electron chi connectivity index (χ1n) is 9.86. The highest BCUT2D eigenvalue weighted by Gasteiger charge is 2.18. The summed E-state index contributed by atoms with van der Waals surface area (Å²) in [6, 6.07) is 27.5. The van der Waals surface area contributed by atoms with Crippen LogP contribution in [0, 0.1) is 0 Å². The zero-order valence-corrected chi connectivity index (χ0v) is 18.6. The molecule has 0 bridgehead atoms. The number of hydrogen-bond acceptors (Lipinski definition) is 5. The van der Waals surface area contributed by atoms with Crippen LogP contribution in [0.2, 0.25) is 0 Å². The van der Waals surface area contributed by atoms with E-state index >= 15 is 0 Å². The van der Waals surface area contributed by atoms with E-state index in [1.165, 1.54) is 0 Å². The average molecular weight is 478 g/mol. The normalized spacial score (nSPS) is 10.5. The number of carbonyl (C=O) groups excluding carboxylic acids is 2. The minimum atomic E-state index is -0.936. The van der Waals surface area contributed by atoms with E-state index in [1.807, 2.05) is 54.6 Å². The van der Waals surface area contributed by atoms with Crippen LogP contribution < -0.4 is 15.2 Å². The molecule has 0 unspecified atom stereocenters. The molecule has 0 saturated carbocycles. The number of halogens is 2. The van der Waals surface area contributed by atoms with Gasteiger partial charge in [0.05, 0.1) is 0 Å². The Balaban J connectivity index is 2.00. The molecule has 0 amide bonds. The highest BCUT2D eigenvalue weighted by atomic mass is 35.5. The lowest BCUT2D eigenvalue weighted by Gasteiger charge is -2.19. The Bertz CT molecular complexity index is 1340. The Morgan fingerprint density at radius 3 is 1.67 bits per heavy atom. The molecule has 5 nitrogen and oxygen atoms in total. The summed E-state index contributed by atoms with van der Waals surface area (Å²) in [6.45, 7) is 0. The van der Waals surface area contributed by atoms with Crippen molar-refractivity contribution in [1.29, 1.82) is 0 Å². The molecule has 4 aromatic rings. The Labute approximate surface area is 200 Å². The standard InChI is InChI=1S/C26H17Cl2NO4/c27-25(30)32-19-10-4-8-17(14-19)23-21(16-6-2-1-3-7-16)12-13-22(29)24(23)18-9-5-11-20(15-18)33-26(28)31/h1-15H,29H2. The van der Waals surface area contributed by atoms with Gasteiger partial charge >= 0.3 is 10.9 Å². The molecule has 0 radical (unpaired) electrons. The summed E-state index contributed by atoms with van der Waals surface area (Å²) in [4.78, 5) is 22.5. The van der Waals surface area contributed by atoms with Crippen molar-refractivity contribution in [1.82, 2.24) is 0 Å². The van der Waals surface area contributed by atoms with E-state index < -0.39 is 10.9 Å². The predicted molar refractivity (Wildman–Crippen MR) is 131 cm³/mol. The van der Waals surface area contributed by atoms with Crippen molar-refractivity contribution >= 4 is 39.7 Å². The average Bonchev–Trinajstić information content (AvgIpc) is 2.79. The molecule has 0 spiro atoms. The third kappa shape index (κ3) is 5.17. The summed E-state index contributed by atoms with van der Waals surface area (Å²) in [5.41, 5.74) is 10.00. The fourth-order valence-corrected chi connectivity index (χ4v) is 3.88. The van der Waals surface area contributed by atoms with Gasteiger partial charge in [0.25, 0.3) is 0 Å². The smallest absolute Gasteiger partial charge is 0.409 e. The van der Waals surface area contributed by atoms with Gasteiger partial charge in [-0.25, -0.2) is 9.59 Å². The molecular formula is C26H17Cl2NO4. The summed E-state index contributed by atoms with van der Waals surface area (Å²) in [6.07, 6.45) is 0.